The van der Waals surface area contributed by atoms with Crippen molar-refractivity contribution in [3.05, 3.63) is 59.8 Å². The number of hydrogen-bond donors (Lipinski definition) is 2. The Bertz CT molecular complexity index is 918. The standard InChI is InChI=1S/C21H21F2N3O/c1-13-6-8-26(9-7-13)20-5-3-15(11-18(20)23)24-12-17-16-4-2-14(22)10-19(16)25-21(17)27/h2-5,10-13,24H,6-9H2,1H3,(H,25,27)/b17-12+. The summed E-state index contributed by atoms with van der Waals surface area (Å²) in [6.45, 7) is 3.95. The van der Waals surface area contributed by atoms with Crippen LogP contribution in [0.1, 0.15) is 25.3 Å². The van der Waals surface area contributed by atoms with Gasteiger partial charge in [0.25, 0.3) is 5.91 Å². The zero-order valence-corrected chi connectivity index (χ0v) is 15.1. The zero-order chi connectivity index (χ0) is 19.0. The molecule has 2 N–H and O–H groups in total. The molecule has 0 saturated carbocycles. The molecule has 2 aliphatic heterocycles. The zero-order valence-electron chi connectivity index (χ0n) is 15.1. The Kier molecular flexibility index (Phi) is 4.56. The van der Waals surface area contributed by atoms with Crippen molar-refractivity contribution in [2.45, 2.75) is 19.8 Å². The number of carbonyl (C=O) groups is 1. The number of carbonyl (C=O) groups excluding carboxylic acids is 1. The van der Waals surface area contributed by atoms with E-state index in [4.69, 9.17) is 0 Å². The van der Waals surface area contributed by atoms with E-state index in [1.165, 1.54) is 24.4 Å². The number of nitrogens with zero attached hydrogens (tertiary/aromatic N) is 1. The number of benzene rings is 2. The lowest BCUT2D eigenvalue weighted by molar-refractivity contribution is -0.110. The Morgan fingerprint density at radius 2 is 1.93 bits per heavy atom. The predicted octanol–water partition coefficient (Wildman–Crippen LogP) is 4.61. The van der Waals surface area contributed by atoms with E-state index in [0.29, 0.717) is 34.1 Å². The third-order valence-corrected chi connectivity index (χ3v) is 5.22. The molecule has 1 fully saturated rings. The van der Waals surface area contributed by atoms with Crippen LogP contribution >= 0.6 is 0 Å². The number of fused-ring (bicyclic) bond motifs is 1. The van der Waals surface area contributed by atoms with Gasteiger partial charge in [0.1, 0.15) is 11.6 Å². The number of halogens is 2. The van der Waals surface area contributed by atoms with Crippen molar-refractivity contribution in [2.75, 3.05) is 28.6 Å². The van der Waals surface area contributed by atoms with Gasteiger partial charge in [-0.05, 0) is 55.2 Å². The number of hydrogen-bond acceptors (Lipinski definition) is 3. The van der Waals surface area contributed by atoms with Crippen molar-refractivity contribution < 1.29 is 13.6 Å². The molecule has 0 unspecified atom stereocenters. The fourth-order valence-electron chi connectivity index (χ4n) is 3.57. The molecular weight excluding hydrogens is 348 g/mol. The molecule has 2 aliphatic rings. The van der Waals surface area contributed by atoms with E-state index >= 15 is 0 Å². The highest BCUT2D eigenvalue weighted by molar-refractivity contribution is 6.31. The van der Waals surface area contributed by atoms with Crippen LogP contribution in [-0.4, -0.2) is 19.0 Å². The minimum atomic E-state index is -0.409. The van der Waals surface area contributed by atoms with Gasteiger partial charge >= 0.3 is 0 Å². The first-order valence-electron chi connectivity index (χ1n) is 9.14. The summed E-state index contributed by atoms with van der Waals surface area (Å²) in [5.41, 5.74) is 2.61. The summed E-state index contributed by atoms with van der Waals surface area (Å²) in [5, 5.41) is 5.60. The topological polar surface area (TPSA) is 44.4 Å². The van der Waals surface area contributed by atoms with Gasteiger partial charge in [0.15, 0.2) is 0 Å². The van der Waals surface area contributed by atoms with Crippen LogP contribution in [-0.2, 0) is 4.79 Å². The van der Waals surface area contributed by atoms with Gasteiger partial charge in [-0.25, -0.2) is 8.78 Å². The summed E-state index contributed by atoms with van der Waals surface area (Å²) in [7, 11) is 0. The molecule has 0 aliphatic carbocycles. The molecule has 4 nitrogen and oxygen atoms in total. The molecule has 140 valence electrons. The molecule has 27 heavy (non-hydrogen) atoms. The third kappa shape index (κ3) is 3.52. The highest BCUT2D eigenvalue weighted by atomic mass is 19.1. The van der Waals surface area contributed by atoms with Gasteiger partial charge in [0, 0.05) is 30.5 Å². The lowest BCUT2D eigenvalue weighted by Gasteiger charge is -2.32. The number of piperidine rings is 1. The van der Waals surface area contributed by atoms with E-state index in [1.807, 2.05) is 0 Å². The number of nitrogens with one attached hydrogen (secondary N) is 2. The highest BCUT2D eigenvalue weighted by Crippen LogP contribution is 2.32. The van der Waals surface area contributed by atoms with Gasteiger partial charge in [0.05, 0.1) is 16.9 Å². The second-order valence-corrected chi connectivity index (χ2v) is 7.18. The average Bonchev–Trinajstić information content (AvgIpc) is 2.95. The summed E-state index contributed by atoms with van der Waals surface area (Å²) in [4.78, 5) is 14.2. The molecule has 2 heterocycles. The van der Waals surface area contributed by atoms with Gasteiger partial charge in [-0.1, -0.05) is 6.92 Å². The SMILES string of the molecule is CC1CCN(c2ccc(N/C=C3/C(=O)Nc4cc(F)ccc43)cc2F)CC1. The molecule has 0 spiro atoms. The van der Waals surface area contributed by atoms with Gasteiger partial charge in [0.2, 0.25) is 0 Å². The minimum absolute atomic E-state index is 0.286. The van der Waals surface area contributed by atoms with Crippen LogP contribution in [0.5, 0.6) is 0 Å². The van der Waals surface area contributed by atoms with Crippen LogP contribution in [0.2, 0.25) is 0 Å². The minimum Gasteiger partial charge on any atom is -0.369 e. The Hall–Kier alpha value is -2.89. The Labute approximate surface area is 156 Å². The molecular formula is C21H21F2N3O. The van der Waals surface area contributed by atoms with Gasteiger partial charge in [-0.15, -0.1) is 0 Å². The van der Waals surface area contributed by atoms with Crippen LogP contribution in [0.3, 0.4) is 0 Å². The van der Waals surface area contributed by atoms with Crippen LogP contribution in [0.15, 0.2) is 42.6 Å². The van der Waals surface area contributed by atoms with E-state index < -0.39 is 5.82 Å². The Morgan fingerprint density at radius 1 is 1.15 bits per heavy atom. The maximum atomic E-state index is 14.6. The number of rotatable bonds is 3. The molecule has 0 aromatic heterocycles. The van der Waals surface area contributed by atoms with E-state index in [9.17, 15) is 13.6 Å². The molecule has 0 bridgehead atoms. The van der Waals surface area contributed by atoms with Crippen LogP contribution in [0.4, 0.5) is 25.8 Å². The first-order chi connectivity index (χ1) is 13.0. The normalized spacial score (nSPS) is 18.6. The first-order valence-corrected chi connectivity index (χ1v) is 9.14. The fraction of sp³-hybridized carbons (Fsp3) is 0.286. The van der Waals surface area contributed by atoms with Crippen LogP contribution in [0, 0.1) is 17.6 Å². The second kappa shape index (κ2) is 7.02. The quantitative estimate of drug-likeness (QED) is 0.777. The third-order valence-electron chi connectivity index (χ3n) is 5.22. The molecule has 2 aromatic carbocycles. The number of anilines is 3. The van der Waals surface area contributed by atoms with E-state index in [1.54, 1.807) is 18.2 Å². The van der Waals surface area contributed by atoms with Crippen molar-refractivity contribution in [3.8, 4) is 0 Å². The molecule has 0 atom stereocenters. The number of amides is 1. The molecule has 1 saturated heterocycles. The highest BCUT2D eigenvalue weighted by Gasteiger charge is 2.24. The molecule has 0 radical (unpaired) electrons. The first kappa shape index (κ1) is 17.5. The van der Waals surface area contributed by atoms with E-state index in [-0.39, 0.29) is 11.7 Å². The monoisotopic (exact) mass is 369 g/mol. The molecule has 6 heteroatoms. The smallest absolute Gasteiger partial charge is 0.257 e. The summed E-state index contributed by atoms with van der Waals surface area (Å²) in [6.07, 6.45) is 3.66. The Balaban J connectivity index is 1.52. The van der Waals surface area contributed by atoms with Crippen LogP contribution in [0.25, 0.3) is 5.57 Å². The van der Waals surface area contributed by atoms with Gasteiger partial charge in [-0.2, -0.15) is 0 Å². The van der Waals surface area contributed by atoms with Crippen molar-refractivity contribution in [1.29, 1.82) is 0 Å². The molecule has 2 aromatic rings. The largest absolute Gasteiger partial charge is 0.369 e. The van der Waals surface area contributed by atoms with Crippen molar-refractivity contribution in [3.63, 3.8) is 0 Å². The summed E-state index contributed by atoms with van der Waals surface area (Å²) >= 11 is 0. The van der Waals surface area contributed by atoms with Crippen LogP contribution < -0.4 is 15.5 Å². The fourth-order valence-corrected chi connectivity index (χ4v) is 3.57. The molecule has 1 amide bonds. The summed E-state index contributed by atoms with van der Waals surface area (Å²) < 4.78 is 27.9. The van der Waals surface area contributed by atoms with Gasteiger partial charge in [-0.3, -0.25) is 4.79 Å². The average molecular weight is 369 g/mol. The van der Waals surface area contributed by atoms with E-state index in [2.05, 4.69) is 22.5 Å². The maximum Gasteiger partial charge on any atom is 0.257 e. The predicted molar refractivity (Wildman–Crippen MR) is 104 cm³/mol. The van der Waals surface area contributed by atoms with Crippen molar-refractivity contribution in [1.82, 2.24) is 0 Å². The van der Waals surface area contributed by atoms with E-state index in [0.717, 1.165) is 25.9 Å². The maximum absolute atomic E-state index is 14.6. The van der Waals surface area contributed by atoms with Crippen molar-refractivity contribution >= 4 is 28.5 Å². The lowest BCUT2D eigenvalue weighted by atomic mass is 9.99. The summed E-state index contributed by atoms with van der Waals surface area (Å²) in [6, 6.07) is 9.14. The summed E-state index contributed by atoms with van der Waals surface area (Å²) in [5.74, 6) is -0.326. The molecule has 4 rings (SSSR count). The van der Waals surface area contributed by atoms with Crippen molar-refractivity contribution in [2.24, 2.45) is 5.92 Å². The lowest BCUT2D eigenvalue weighted by Crippen LogP contribution is -2.33. The Morgan fingerprint density at radius 3 is 2.67 bits per heavy atom. The van der Waals surface area contributed by atoms with Gasteiger partial charge < -0.3 is 15.5 Å². The second-order valence-electron chi connectivity index (χ2n) is 7.18.